The number of carbonyl (C=O) groups excluding carboxylic acids is 3. The third kappa shape index (κ3) is 12.7. The first-order valence-electron chi connectivity index (χ1n) is 17.0. The Morgan fingerprint density at radius 3 is 2.15 bits per heavy atom. The van der Waals surface area contributed by atoms with Gasteiger partial charge in [-0.2, -0.15) is 28.2 Å². The van der Waals surface area contributed by atoms with Gasteiger partial charge in [-0.05, 0) is 23.2 Å². The lowest BCUT2D eigenvalue weighted by atomic mass is 10.1. The van der Waals surface area contributed by atoms with E-state index in [1.54, 1.807) is 0 Å². The molecule has 1 aliphatic heterocycles. The van der Waals surface area contributed by atoms with Crippen molar-refractivity contribution in [3.63, 3.8) is 0 Å². The van der Waals surface area contributed by atoms with Crippen molar-refractivity contribution >= 4 is 46.4 Å². The average Bonchev–Trinajstić information content (AvgIpc) is 3.68. The summed E-state index contributed by atoms with van der Waals surface area (Å²) < 4.78 is 87.4. The molecule has 300 valence electrons. The van der Waals surface area contributed by atoms with Crippen LogP contribution in [-0.2, 0) is 65.0 Å². The fourth-order valence-electron chi connectivity index (χ4n) is 5.57. The van der Waals surface area contributed by atoms with Crippen molar-refractivity contribution in [3.05, 3.63) is 46.9 Å². The number of anilines is 1. The number of ether oxygens (including phenoxy) is 8. The van der Waals surface area contributed by atoms with Gasteiger partial charge in [0.1, 0.15) is 25.1 Å². The van der Waals surface area contributed by atoms with Gasteiger partial charge in [0.2, 0.25) is 5.28 Å². The zero-order chi connectivity index (χ0) is 40.0. The second-order valence-electron chi connectivity index (χ2n) is 11.8. The predicted molar refractivity (Wildman–Crippen MR) is 187 cm³/mol. The molecule has 3 heterocycles. The zero-order valence-corrected chi connectivity index (χ0v) is 31.0. The summed E-state index contributed by atoms with van der Waals surface area (Å²) in [6.07, 6.45) is -3.11. The Hall–Kier alpha value is -4.58. The molecule has 4 atom stereocenters. The Balaban J connectivity index is 1.59. The highest BCUT2D eigenvalue weighted by molar-refractivity contribution is 6.28. The maximum absolute atomic E-state index is 14.1. The summed E-state index contributed by atoms with van der Waals surface area (Å²) >= 11 is 6.43. The van der Waals surface area contributed by atoms with E-state index in [1.165, 1.54) is 40.9 Å². The number of rotatable bonds is 21. The van der Waals surface area contributed by atoms with Gasteiger partial charge in [-0.15, -0.1) is 6.42 Å². The summed E-state index contributed by atoms with van der Waals surface area (Å²) in [5.74, 6) is 0.352. The van der Waals surface area contributed by atoms with Gasteiger partial charge in [0.05, 0.1) is 63.4 Å². The second-order valence-corrected chi connectivity index (χ2v) is 12.2. The molecular weight excluding hydrogens is 759 g/mol. The number of benzene rings is 1. The van der Waals surface area contributed by atoms with Crippen molar-refractivity contribution < 1.29 is 65.4 Å². The van der Waals surface area contributed by atoms with Gasteiger partial charge in [0.25, 0.3) is 0 Å². The van der Waals surface area contributed by atoms with Crippen LogP contribution in [0.25, 0.3) is 11.0 Å². The minimum Gasteiger partial charge on any atom is -0.463 e. The van der Waals surface area contributed by atoms with E-state index >= 15 is 0 Å². The Kier molecular flexibility index (Phi) is 16.4. The first kappa shape index (κ1) is 43.2. The van der Waals surface area contributed by atoms with Crippen LogP contribution in [0.1, 0.15) is 38.1 Å². The summed E-state index contributed by atoms with van der Waals surface area (Å²) in [5.41, 5.74) is -0.852. The number of hydrogen-bond acceptors (Lipinski definition) is 15. The number of carbonyl (C=O) groups is 3. The number of halogens is 4. The van der Waals surface area contributed by atoms with Crippen molar-refractivity contribution in [1.29, 1.82) is 0 Å². The van der Waals surface area contributed by atoms with Gasteiger partial charge in [-0.25, -0.2) is 4.68 Å². The molecule has 55 heavy (non-hydrogen) atoms. The lowest BCUT2D eigenvalue weighted by Crippen LogP contribution is -2.40. The number of terminal acetylenes is 1. The number of hydrogen-bond donors (Lipinski definition) is 0. The molecule has 4 rings (SSSR count). The van der Waals surface area contributed by atoms with Gasteiger partial charge in [0.15, 0.2) is 24.1 Å². The molecule has 1 saturated heterocycles. The van der Waals surface area contributed by atoms with E-state index in [0.29, 0.717) is 26.4 Å². The molecule has 1 aromatic carbocycles. The van der Waals surface area contributed by atoms with E-state index in [1.807, 2.05) is 0 Å². The molecule has 0 unspecified atom stereocenters. The van der Waals surface area contributed by atoms with Crippen molar-refractivity contribution in [3.8, 4) is 12.3 Å². The summed E-state index contributed by atoms with van der Waals surface area (Å²) in [7, 11) is 0. The number of fused-ring (bicyclic) bond motifs is 1. The normalized spacial score (nSPS) is 18.2. The highest BCUT2D eigenvalue weighted by Crippen LogP contribution is 2.38. The molecule has 0 bridgehead atoms. The van der Waals surface area contributed by atoms with E-state index in [2.05, 4.69) is 21.0 Å². The quantitative estimate of drug-likeness (QED) is 0.0504. The molecule has 3 aromatic rings. The smallest absolute Gasteiger partial charge is 0.416 e. The SMILES string of the molecule is C#CCOCCOCCOCCOCCN(Cc1ccccc1C(F)(F)F)c1nc(Cl)nc2c1cnn2[C@@H]1O[C@H](COC(C)=O)[C@@H](OC(C)=O)[C@H]1OC(C)=O. The predicted octanol–water partition coefficient (Wildman–Crippen LogP) is 3.53. The van der Waals surface area contributed by atoms with Crippen molar-refractivity contribution in [1.82, 2.24) is 19.7 Å². The molecule has 16 nitrogen and oxygen atoms in total. The first-order valence-corrected chi connectivity index (χ1v) is 17.4. The standard InChI is InChI=1S/C35H41ClF3N5O11/c1-5-11-48-13-15-50-17-18-51-16-14-49-12-10-43(20-25-8-6-7-9-27(25)35(37,38)39)31-26-19-40-44(32(26)42-34(36)41-31)33-30(54-24(4)47)29(53-23(3)46)28(55-33)21-52-22(2)45/h1,6-9,19,28-30,33H,10-18,20-21H2,2-4H3/t28-,29-,30-,33-/m1/s1. The van der Waals surface area contributed by atoms with Crippen molar-refractivity contribution in [2.45, 2.75) is 58.0 Å². The van der Waals surface area contributed by atoms with Crippen LogP contribution in [0, 0.1) is 12.3 Å². The third-order valence-corrected chi connectivity index (χ3v) is 7.95. The molecule has 20 heteroatoms. The van der Waals surface area contributed by atoms with Crippen LogP contribution in [0.4, 0.5) is 19.0 Å². The topological polar surface area (TPSA) is 172 Å². The lowest BCUT2D eigenvalue weighted by Gasteiger charge is -2.26. The largest absolute Gasteiger partial charge is 0.463 e. The summed E-state index contributed by atoms with van der Waals surface area (Å²) in [4.78, 5) is 46.1. The number of nitrogens with zero attached hydrogens (tertiary/aromatic N) is 5. The number of alkyl halides is 3. The van der Waals surface area contributed by atoms with E-state index in [4.69, 9.17) is 55.9 Å². The molecule has 2 aromatic heterocycles. The third-order valence-electron chi connectivity index (χ3n) is 7.78. The van der Waals surface area contributed by atoms with Crippen LogP contribution in [-0.4, -0.2) is 122 Å². The Morgan fingerprint density at radius 2 is 1.53 bits per heavy atom. The Labute approximate surface area is 319 Å². The van der Waals surface area contributed by atoms with Gasteiger partial charge < -0.3 is 42.8 Å². The van der Waals surface area contributed by atoms with Crippen LogP contribution >= 0.6 is 11.6 Å². The Morgan fingerprint density at radius 1 is 0.909 bits per heavy atom. The highest BCUT2D eigenvalue weighted by atomic mass is 35.5. The maximum Gasteiger partial charge on any atom is 0.416 e. The summed E-state index contributed by atoms with van der Waals surface area (Å²) in [6.45, 7) is 4.85. The molecule has 1 aliphatic rings. The Bertz CT molecular complexity index is 1790. The fourth-order valence-corrected chi connectivity index (χ4v) is 5.73. The van der Waals surface area contributed by atoms with Crippen molar-refractivity contribution in [2.24, 2.45) is 0 Å². The van der Waals surface area contributed by atoms with Gasteiger partial charge in [0, 0.05) is 33.9 Å². The molecule has 0 N–H and O–H groups in total. The van der Waals surface area contributed by atoms with Gasteiger partial charge in [-0.3, -0.25) is 14.4 Å². The first-order chi connectivity index (χ1) is 26.3. The van der Waals surface area contributed by atoms with Crippen LogP contribution in [0.2, 0.25) is 5.28 Å². The summed E-state index contributed by atoms with van der Waals surface area (Å²) in [6, 6.07) is 5.12. The van der Waals surface area contributed by atoms with Gasteiger partial charge >= 0.3 is 24.1 Å². The van der Waals surface area contributed by atoms with E-state index in [-0.39, 0.29) is 73.8 Å². The van der Waals surface area contributed by atoms with E-state index < -0.39 is 54.2 Å². The lowest BCUT2D eigenvalue weighted by molar-refractivity contribution is -0.166. The summed E-state index contributed by atoms with van der Waals surface area (Å²) in [5, 5.41) is 4.34. The molecule has 0 spiro atoms. The second kappa shape index (κ2) is 20.9. The fraction of sp³-hybridized carbons (Fsp3) is 0.543. The maximum atomic E-state index is 14.1. The van der Waals surface area contributed by atoms with Crippen LogP contribution in [0.3, 0.4) is 0 Å². The van der Waals surface area contributed by atoms with E-state index in [0.717, 1.165) is 19.9 Å². The van der Waals surface area contributed by atoms with Crippen LogP contribution in [0.5, 0.6) is 0 Å². The molecule has 0 amide bonds. The molecule has 0 aliphatic carbocycles. The highest BCUT2D eigenvalue weighted by Gasteiger charge is 2.51. The monoisotopic (exact) mass is 799 g/mol. The number of aromatic nitrogens is 4. The molecular formula is C35H41ClF3N5O11. The van der Waals surface area contributed by atoms with Crippen LogP contribution < -0.4 is 4.90 Å². The van der Waals surface area contributed by atoms with Gasteiger partial charge in [-0.1, -0.05) is 24.1 Å². The number of esters is 3. The molecule has 1 fully saturated rings. The van der Waals surface area contributed by atoms with Crippen LogP contribution in [0.15, 0.2) is 30.5 Å². The molecule has 0 radical (unpaired) electrons. The minimum atomic E-state index is -4.65. The average molecular weight is 800 g/mol. The molecule has 0 saturated carbocycles. The zero-order valence-electron chi connectivity index (χ0n) is 30.3. The minimum absolute atomic E-state index is 0.0373. The van der Waals surface area contributed by atoms with E-state index in [9.17, 15) is 27.6 Å². The van der Waals surface area contributed by atoms with Crippen molar-refractivity contribution in [2.75, 3.05) is 70.9 Å².